The Bertz CT molecular complexity index is 1180. The molecule has 0 aliphatic heterocycles. The Morgan fingerprint density at radius 1 is 1.20 bits per heavy atom. The second-order valence-corrected chi connectivity index (χ2v) is 8.59. The van der Waals surface area contributed by atoms with Gasteiger partial charge in [-0.3, -0.25) is 0 Å². The first-order valence-corrected chi connectivity index (χ1v) is 10.4. The third-order valence-corrected chi connectivity index (χ3v) is 6.33. The Balaban J connectivity index is 1.83. The third-order valence-electron chi connectivity index (χ3n) is 4.21. The highest BCUT2D eigenvalue weighted by atomic mass is 35.5. The van der Waals surface area contributed by atoms with E-state index in [0.717, 1.165) is 10.4 Å². The van der Waals surface area contributed by atoms with Crippen molar-refractivity contribution < 1.29 is 27.2 Å². The number of aromatic nitrogens is 2. The summed E-state index contributed by atoms with van der Waals surface area (Å²) < 4.78 is 41.8. The van der Waals surface area contributed by atoms with Gasteiger partial charge in [-0.1, -0.05) is 28.9 Å². The molecule has 0 bridgehead atoms. The standard InChI is InChI=1S/C19H18ClN3O6S/c1-23(30(25,26)14-7-8-16(20)15(10-14)19(24)28-3)11-17-21-18(22-29-17)12-5-4-6-13(9-12)27-2/h4-10H,11H2,1-3H3. The summed E-state index contributed by atoms with van der Waals surface area (Å²) in [5, 5.41) is 3.97. The average Bonchev–Trinajstić information content (AvgIpc) is 3.21. The predicted octanol–water partition coefficient (Wildman–Crippen LogP) is 3.01. The molecule has 0 saturated heterocycles. The SMILES string of the molecule is COC(=O)c1cc(S(=O)(=O)N(C)Cc2nc(-c3cccc(OC)c3)no2)ccc1Cl. The monoisotopic (exact) mass is 451 g/mol. The molecule has 0 fully saturated rings. The molecule has 0 atom stereocenters. The zero-order valence-corrected chi connectivity index (χ0v) is 17.9. The topological polar surface area (TPSA) is 112 Å². The van der Waals surface area contributed by atoms with Crippen LogP contribution >= 0.6 is 11.6 Å². The fraction of sp³-hybridized carbons (Fsp3) is 0.211. The van der Waals surface area contributed by atoms with Gasteiger partial charge in [0.1, 0.15) is 5.75 Å². The van der Waals surface area contributed by atoms with Gasteiger partial charge in [0.2, 0.25) is 21.7 Å². The first kappa shape index (κ1) is 21.8. The van der Waals surface area contributed by atoms with E-state index >= 15 is 0 Å². The van der Waals surface area contributed by atoms with E-state index in [2.05, 4.69) is 14.9 Å². The molecule has 0 unspecified atom stereocenters. The number of esters is 1. The minimum Gasteiger partial charge on any atom is -0.497 e. The lowest BCUT2D eigenvalue weighted by Crippen LogP contribution is -2.27. The number of rotatable bonds is 7. The molecule has 0 N–H and O–H groups in total. The highest BCUT2D eigenvalue weighted by molar-refractivity contribution is 7.89. The molecule has 3 rings (SSSR count). The number of carbonyl (C=O) groups excluding carboxylic acids is 1. The third kappa shape index (κ3) is 4.45. The summed E-state index contributed by atoms with van der Waals surface area (Å²) >= 11 is 5.96. The Morgan fingerprint density at radius 3 is 2.67 bits per heavy atom. The lowest BCUT2D eigenvalue weighted by atomic mass is 10.2. The van der Waals surface area contributed by atoms with Crippen molar-refractivity contribution in [3.8, 4) is 17.1 Å². The summed E-state index contributed by atoms with van der Waals surface area (Å²) in [4.78, 5) is 15.9. The van der Waals surface area contributed by atoms with Crippen LogP contribution in [-0.2, 0) is 21.3 Å². The zero-order valence-electron chi connectivity index (χ0n) is 16.3. The molecule has 30 heavy (non-hydrogen) atoms. The molecule has 0 saturated carbocycles. The number of hydrogen-bond donors (Lipinski definition) is 0. The van der Waals surface area contributed by atoms with E-state index in [4.69, 9.17) is 20.9 Å². The fourth-order valence-electron chi connectivity index (χ4n) is 2.59. The van der Waals surface area contributed by atoms with Crippen molar-refractivity contribution in [2.75, 3.05) is 21.3 Å². The summed E-state index contributed by atoms with van der Waals surface area (Å²) in [6.07, 6.45) is 0. The Morgan fingerprint density at radius 2 is 1.97 bits per heavy atom. The van der Waals surface area contributed by atoms with E-state index in [1.807, 2.05) is 0 Å². The van der Waals surface area contributed by atoms with E-state index in [1.165, 1.54) is 26.3 Å². The largest absolute Gasteiger partial charge is 0.497 e. The maximum Gasteiger partial charge on any atom is 0.339 e. The molecule has 0 aliphatic carbocycles. The van der Waals surface area contributed by atoms with Gasteiger partial charge in [-0.15, -0.1) is 0 Å². The van der Waals surface area contributed by atoms with E-state index < -0.39 is 16.0 Å². The van der Waals surface area contributed by atoms with Gasteiger partial charge in [-0.2, -0.15) is 9.29 Å². The number of sulfonamides is 1. The first-order valence-electron chi connectivity index (χ1n) is 8.57. The maximum atomic E-state index is 12.9. The molecular weight excluding hydrogens is 434 g/mol. The van der Waals surface area contributed by atoms with Gasteiger partial charge in [0.15, 0.2) is 0 Å². The van der Waals surface area contributed by atoms with E-state index in [0.29, 0.717) is 17.1 Å². The van der Waals surface area contributed by atoms with Crippen LogP contribution in [0.4, 0.5) is 0 Å². The van der Waals surface area contributed by atoms with Gasteiger partial charge in [-0.25, -0.2) is 13.2 Å². The van der Waals surface area contributed by atoms with Crippen LogP contribution < -0.4 is 4.74 Å². The van der Waals surface area contributed by atoms with Crippen LogP contribution in [0.25, 0.3) is 11.4 Å². The van der Waals surface area contributed by atoms with Crippen molar-refractivity contribution in [1.29, 1.82) is 0 Å². The fourth-order valence-corrected chi connectivity index (χ4v) is 3.93. The molecule has 2 aromatic carbocycles. The lowest BCUT2D eigenvalue weighted by molar-refractivity contribution is 0.0600. The zero-order chi connectivity index (χ0) is 21.9. The second kappa shape index (κ2) is 8.82. The molecule has 0 spiro atoms. The highest BCUT2D eigenvalue weighted by Crippen LogP contribution is 2.25. The molecule has 158 valence electrons. The minimum atomic E-state index is -3.97. The maximum absolute atomic E-state index is 12.9. The number of carbonyl (C=O) groups is 1. The summed E-state index contributed by atoms with van der Waals surface area (Å²) in [5.74, 6) is 0.289. The molecule has 0 aliphatic rings. The van der Waals surface area contributed by atoms with Gasteiger partial charge in [0.25, 0.3) is 0 Å². The van der Waals surface area contributed by atoms with Crippen molar-refractivity contribution in [3.63, 3.8) is 0 Å². The van der Waals surface area contributed by atoms with Crippen molar-refractivity contribution >= 4 is 27.6 Å². The lowest BCUT2D eigenvalue weighted by Gasteiger charge is -2.16. The molecule has 1 aromatic heterocycles. The van der Waals surface area contributed by atoms with Crippen LogP contribution in [-0.4, -0.2) is 50.1 Å². The van der Waals surface area contributed by atoms with Crippen LogP contribution in [0.1, 0.15) is 16.2 Å². The molecule has 0 radical (unpaired) electrons. The average molecular weight is 452 g/mol. The summed E-state index contributed by atoms with van der Waals surface area (Å²) in [6, 6.07) is 10.9. The van der Waals surface area contributed by atoms with Crippen molar-refractivity contribution in [1.82, 2.24) is 14.4 Å². The smallest absolute Gasteiger partial charge is 0.339 e. The highest BCUT2D eigenvalue weighted by Gasteiger charge is 2.25. The summed E-state index contributed by atoms with van der Waals surface area (Å²) in [5.41, 5.74) is 0.613. The number of halogens is 1. The second-order valence-electron chi connectivity index (χ2n) is 6.14. The van der Waals surface area contributed by atoms with Gasteiger partial charge < -0.3 is 14.0 Å². The Kier molecular flexibility index (Phi) is 6.40. The van der Waals surface area contributed by atoms with Gasteiger partial charge in [0.05, 0.1) is 36.2 Å². The molecular formula is C19H18ClN3O6S. The van der Waals surface area contributed by atoms with Crippen LogP contribution in [0.5, 0.6) is 5.75 Å². The predicted molar refractivity (Wildman–Crippen MR) is 108 cm³/mol. The number of methoxy groups -OCH3 is 2. The van der Waals surface area contributed by atoms with Crippen molar-refractivity contribution in [2.45, 2.75) is 11.4 Å². The van der Waals surface area contributed by atoms with Crippen LogP contribution in [0.2, 0.25) is 5.02 Å². The number of nitrogens with zero attached hydrogens (tertiary/aromatic N) is 3. The molecule has 0 amide bonds. The van der Waals surface area contributed by atoms with E-state index in [1.54, 1.807) is 31.4 Å². The Labute approximate surface area is 178 Å². The van der Waals surface area contributed by atoms with Gasteiger partial charge in [0, 0.05) is 12.6 Å². The normalized spacial score (nSPS) is 11.5. The quantitative estimate of drug-likeness (QED) is 0.504. The Hall–Kier alpha value is -2.95. The molecule has 9 nitrogen and oxygen atoms in total. The van der Waals surface area contributed by atoms with Crippen molar-refractivity contribution in [3.05, 3.63) is 58.9 Å². The van der Waals surface area contributed by atoms with Gasteiger partial charge in [-0.05, 0) is 30.3 Å². The van der Waals surface area contributed by atoms with Gasteiger partial charge >= 0.3 is 5.97 Å². The number of ether oxygens (including phenoxy) is 2. The first-order chi connectivity index (χ1) is 14.3. The van der Waals surface area contributed by atoms with E-state index in [9.17, 15) is 13.2 Å². The minimum absolute atomic E-state index is 0.0493. The molecule has 3 aromatic rings. The number of benzene rings is 2. The van der Waals surface area contributed by atoms with Crippen molar-refractivity contribution in [2.24, 2.45) is 0 Å². The van der Waals surface area contributed by atoms with E-state index in [-0.39, 0.29) is 27.9 Å². The van der Waals surface area contributed by atoms with Crippen LogP contribution in [0, 0.1) is 0 Å². The summed E-state index contributed by atoms with van der Waals surface area (Å²) in [7, 11) is 0.120. The molecule has 1 heterocycles. The number of hydrogen-bond acceptors (Lipinski definition) is 8. The molecule has 11 heteroatoms. The van der Waals surface area contributed by atoms with Crippen LogP contribution in [0.3, 0.4) is 0 Å². The summed E-state index contributed by atoms with van der Waals surface area (Å²) in [6.45, 7) is -0.171. The van der Waals surface area contributed by atoms with Crippen LogP contribution in [0.15, 0.2) is 51.9 Å².